The van der Waals surface area contributed by atoms with E-state index in [1.165, 1.54) is 4.90 Å². The standard InChI is InChI=1S/C12H22N2O3S/c1-2-5-14(9-11(15)16)12(17)13-8-10-3-6-18-7-4-10/h10H,2-9H2,1H3,(H,13,17)(H,15,16). The van der Waals surface area contributed by atoms with Gasteiger partial charge in [-0.15, -0.1) is 0 Å². The van der Waals surface area contributed by atoms with Gasteiger partial charge in [-0.25, -0.2) is 4.79 Å². The largest absolute Gasteiger partial charge is 0.480 e. The molecule has 6 heteroatoms. The van der Waals surface area contributed by atoms with Crippen LogP contribution >= 0.6 is 11.8 Å². The SMILES string of the molecule is CCCN(CC(=O)O)C(=O)NCC1CCSCC1. The molecule has 0 spiro atoms. The molecule has 1 aliphatic rings. The van der Waals surface area contributed by atoms with Crippen LogP contribution < -0.4 is 5.32 Å². The maximum absolute atomic E-state index is 11.9. The molecule has 1 fully saturated rings. The molecule has 0 aromatic heterocycles. The number of nitrogens with zero attached hydrogens (tertiary/aromatic N) is 1. The second-order valence-corrected chi connectivity index (χ2v) is 5.78. The molecule has 0 aromatic rings. The first-order valence-corrected chi connectivity index (χ1v) is 7.61. The summed E-state index contributed by atoms with van der Waals surface area (Å²) in [4.78, 5) is 23.9. The normalized spacial score (nSPS) is 16.3. The van der Waals surface area contributed by atoms with Crippen molar-refractivity contribution in [1.29, 1.82) is 0 Å². The Hall–Kier alpha value is -0.910. The molecule has 2 amide bonds. The zero-order chi connectivity index (χ0) is 13.4. The second-order valence-electron chi connectivity index (χ2n) is 4.56. The molecule has 0 radical (unpaired) electrons. The molecule has 18 heavy (non-hydrogen) atoms. The molecule has 0 atom stereocenters. The van der Waals surface area contributed by atoms with Gasteiger partial charge >= 0.3 is 12.0 Å². The number of urea groups is 1. The lowest BCUT2D eigenvalue weighted by atomic mass is 10.0. The van der Waals surface area contributed by atoms with Crippen molar-refractivity contribution < 1.29 is 14.7 Å². The third-order valence-electron chi connectivity index (χ3n) is 2.99. The monoisotopic (exact) mass is 274 g/mol. The lowest BCUT2D eigenvalue weighted by molar-refractivity contribution is -0.137. The molecular weight excluding hydrogens is 252 g/mol. The molecule has 0 aromatic carbocycles. The van der Waals surface area contributed by atoms with E-state index < -0.39 is 5.97 Å². The summed E-state index contributed by atoms with van der Waals surface area (Å²) in [6, 6.07) is -0.252. The third kappa shape index (κ3) is 5.62. The Morgan fingerprint density at radius 1 is 1.39 bits per heavy atom. The molecule has 0 bridgehead atoms. The van der Waals surface area contributed by atoms with Crippen LogP contribution in [-0.4, -0.2) is 53.1 Å². The van der Waals surface area contributed by atoms with Gasteiger partial charge in [0, 0.05) is 13.1 Å². The van der Waals surface area contributed by atoms with Crippen LogP contribution in [0.3, 0.4) is 0 Å². The predicted molar refractivity (Wildman–Crippen MR) is 72.9 cm³/mol. The number of nitrogens with one attached hydrogen (secondary N) is 1. The van der Waals surface area contributed by atoms with E-state index in [0.717, 1.165) is 30.8 Å². The fraction of sp³-hybridized carbons (Fsp3) is 0.833. The number of hydrogen-bond acceptors (Lipinski definition) is 3. The molecule has 1 aliphatic heterocycles. The lowest BCUT2D eigenvalue weighted by Gasteiger charge is -2.25. The van der Waals surface area contributed by atoms with Crippen LogP contribution in [0, 0.1) is 5.92 Å². The topological polar surface area (TPSA) is 69.6 Å². The maximum Gasteiger partial charge on any atom is 0.323 e. The van der Waals surface area contributed by atoms with Crippen molar-refractivity contribution in [3.8, 4) is 0 Å². The Balaban J connectivity index is 2.32. The number of carbonyl (C=O) groups is 2. The zero-order valence-electron chi connectivity index (χ0n) is 10.9. The van der Waals surface area contributed by atoms with Crippen molar-refractivity contribution in [2.45, 2.75) is 26.2 Å². The minimum atomic E-state index is -0.965. The van der Waals surface area contributed by atoms with E-state index in [1.807, 2.05) is 18.7 Å². The number of carboxylic acids is 1. The minimum Gasteiger partial charge on any atom is -0.480 e. The van der Waals surface area contributed by atoms with Gasteiger partial charge in [0.25, 0.3) is 0 Å². The van der Waals surface area contributed by atoms with Gasteiger partial charge in [-0.2, -0.15) is 11.8 Å². The summed E-state index contributed by atoms with van der Waals surface area (Å²) in [5.41, 5.74) is 0. The van der Waals surface area contributed by atoms with Crippen LogP contribution in [0.5, 0.6) is 0 Å². The molecule has 2 N–H and O–H groups in total. The van der Waals surface area contributed by atoms with E-state index in [2.05, 4.69) is 5.32 Å². The number of carboxylic acid groups (broad SMARTS) is 1. The third-order valence-corrected chi connectivity index (χ3v) is 4.04. The summed E-state index contributed by atoms with van der Waals surface area (Å²) in [5, 5.41) is 11.6. The van der Waals surface area contributed by atoms with Gasteiger partial charge in [-0.05, 0) is 36.7 Å². The maximum atomic E-state index is 11.9. The van der Waals surface area contributed by atoms with Gasteiger partial charge in [0.1, 0.15) is 6.54 Å². The number of rotatable bonds is 6. The minimum absolute atomic E-state index is 0.222. The second kappa shape index (κ2) is 8.24. The van der Waals surface area contributed by atoms with Crippen molar-refractivity contribution in [2.75, 3.05) is 31.1 Å². The first kappa shape index (κ1) is 15.1. The van der Waals surface area contributed by atoms with Gasteiger partial charge in [-0.3, -0.25) is 4.79 Å². The Labute approximate surface area is 112 Å². The van der Waals surface area contributed by atoms with Crippen molar-refractivity contribution >= 4 is 23.8 Å². The molecule has 1 rings (SSSR count). The van der Waals surface area contributed by atoms with Gasteiger partial charge in [-0.1, -0.05) is 6.92 Å². The smallest absolute Gasteiger partial charge is 0.323 e. The van der Waals surface area contributed by atoms with E-state index in [9.17, 15) is 9.59 Å². The molecule has 5 nitrogen and oxygen atoms in total. The Kier molecular flexibility index (Phi) is 6.93. The average Bonchev–Trinajstić information content (AvgIpc) is 2.36. The summed E-state index contributed by atoms with van der Waals surface area (Å²) in [5.74, 6) is 1.90. The highest BCUT2D eigenvalue weighted by molar-refractivity contribution is 7.99. The van der Waals surface area contributed by atoms with Gasteiger partial charge in [0.05, 0.1) is 0 Å². The average molecular weight is 274 g/mol. The first-order chi connectivity index (χ1) is 8.63. The Morgan fingerprint density at radius 3 is 2.61 bits per heavy atom. The van der Waals surface area contributed by atoms with E-state index in [-0.39, 0.29) is 12.6 Å². The van der Waals surface area contributed by atoms with Crippen LogP contribution in [0.25, 0.3) is 0 Å². The first-order valence-electron chi connectivity index (χ1n) is 6.45. The van der Waals surface area contributed by atoms with E-state index in [0.29, 0.717) is 19.0 Å². The van der Waals surface area contributed by atoms with Gasteiger partial charge in [0.15, 0.2) is 0 Å². The fourth-order valence-electron chi connectivity index (χ4n) is 1.98. The number of thioether (sulfide) groups is 1. The fourth-order valence-corrected chi connectivity index (χ4v) is 3.18. The van der Waals surface area contributed by atoms with E-state index in [4.69, 9.17) is 5.11 Å². The summed E-state index contributed by atoms with van der Waals surface area (Å²) in [6.45, 7) is 2.86. The van der Waals surface area contributed by atoms with Crippen molar-refractivity contribution in [1.82, 2.24) is 10.2 Å². The van der Waals surface area contributed by atoms with Crippen molar-refractivity contribution in [3.63, 3.8) is 0 Å². The van der Waals surface area contributed by atoms with Crippen LogP contribution in [0.4, 0.5) is 4.79 Å². The molecule has 1 saturated heterocycles. The van der Waals surface area contributed by atoms with Crippen LogP contribution in [-0.2, 0) is 4.79 Å². The van der Waals surface area contributed by atoms with Crippen LogP contribution in [0.2, 0.25) is 0 Å². The molecule has 0 saturated carbocycles. The highest BCUT2D eigenvalue weighted by Crippen LogP contribution is 2.21. The quantitative estimate of drug-likeness (QED) is 0.772. The van der Waals surface area contributed by atoms with Crippen LogP contribution in [0.15, 0.2) is 0 Å². The number of aliphatic carboxylic acids is 1. The summed E-state index contributed by atoms with van der Waals surface area (Å²) < 4.78 is 0. The van der Waals surface area contributed by atoms with E-state index in [1.54, 1.807) is 0 Å². The summed E-state index contributed by atoms with van der Waals surface area (Å²) in [6.07, 6.45) is 3.04. The van der Waals surface area contributed by atoms with E-state index >= 15 is 0 Å². The number of amides is 2. The molecular formula is C12H22N2O3S. The van der Waals surface area contributed by atoms with Crippen molar-refractivity contribution in [2.24, 2.45) is 5.92 Å². The molecule has 104 valence electrons. The van der Waals surface area contributed by atoms with Gasteiger partial charge < -0.3 is 15.3 Å². The van der Waals surface area contributed by atoms with Gasteiger partial charge in [0.2, 0.25) is 0 Å². The Bertz CT molecular complexity index is 280. The molecule has 0 unspecified atom stereocenters. The lowest BCUT2D eigenvalue weighted by Crippen LogP contribution is -2.44. The summed E-state index contributed by atoms with van der Waals surface area (Å²) >= 11 is 1.95. The Morgan fingerprint density at radius 2 is 2.06 bits per heavy atom. The number of carbonyl (C=O) groups excluding carboxylic acids is 1. The summed E-state index contributed by atoms with van der Waals surface area (Å²) in [7, 11) is 0. The number of hydrogen-bond donors (Lipinski definition) is 2. The van der Waals surface area contributed by atoms with Crippen LogP contribution in [0.1, 0.15) is 26.2 Å². The molecule has 0 aliphatic carbocycles. The zero-order valence-corrected chi connectivity index (χ0v) is 11.7. The highest BCUT2D eigenvalue weighted by Gasteiger charge is 2.18. The molecule has 1 heterocycles. The highest BCUT2D eigenvalue weighted by atomic mass is 32.2. The van der Waals surface area contributed by atoms with Crippen molar-refractivity contribution in [3.05, 3.63) is 0 Å². The predicted octanol–water partition coefficient (Wildman–Crippen LogP) is 1.64.